The van der Waals surface area contributed by atoms with Crippen LogP contribution in [0.15, 0.2) is 24.3 Å². The van der Waals surface area contributed by atoms with E-state index in [2.05, 4.69) is 36.4 Å². The van der Waals surface area contributed by atoms with Crippen LogP contribution in [0.25, 0.3) is 0 Å². The Morgan fingerprint density at radius 3 is 2.62 bits per heavy atom. The van der Waals surface area contributed by atoms with Crippen molar-refractivity contribution in [3.8, 4) is 0 Å². The summed E-state index contributed by atoms with van der Waals surface area (Å²) in [6.07, 6.45) is 2.34. The van der Waals surface area contributed by atoms with E-state index < -0.39 is 0 Å². The average molecular weight is 289 g/mol. The maximum Gasteiger partial charge on any atom is 0.253 e. The molecule has 2 N–H and O–H groups in total. The maximum absolute atomic E-state index is 12.4. The van der Waals surface area contributed by atoms with E-state index in [0.717, 1.165) is 30.9 Å². The highest BCUT2D eigenvalue weighted by molar-refractivity contribution is 5.99. The van der Waals surface area contributed by atoms with Crippen molar-refractivity contribution in [2.75, 3.05) is 32.0 Å². The topological polar surface area (TPSA) is 44.4 Å². The zero-order valence-electron chi connectivity index (χ0n) is 13.4. The Bertz CT molecular complexity index is 465. The molecule has 1 fully saturated rings. The van der Waals surface area contributed by atoms with Crippen molar-refractivity contribution >= 4 is 11.6 Å². The van der Waals surface area contributed by atoms with Crippen molar-refractivity contribution in [3.63, 3.8) is 0 Å². The van der Waals surface area contributed by atoms with Crippen LogP contribution >= 0.6 is 0 Å². The summed E-state index contributed by atoms with van der Waals surface area (Å²) >= 11 is 0. The molecule has 0 unspecified atom stereocenters. The number of amides is 1. The number of piperidine rings is 1. The zero-order chi connectivity index (χ0) is 15.2. The molecule has 1 aromatic rings. The number of likely N-dealkylation sites (tertiary alicyclic amines) is 1. The van der Waals surface area contributed by atoms with Gasteiger partial charge in [-0.25, -0.2) is 0 Å². The minimum absolute atomic E-state index is 0.0256. The summed E-state index contributed by atoms with van der Waals surface area (Å²) in [5.74, 6) is 0.632. The van der Waals surface area contributed by atoms with Crippen LogP contribution in [-0.2, 0) is 0 Å². The maximum atomic E-state index is 12.4. The molecule has 0 aromatic heterocycles. The SMILES string of the molecule is CC(C)Nc1ccccc1C(=O)NCC1CCN(C)CC1. The Kier molecular flexibility index (Phi) is 5.62. The monoisotopic (exact) mass is 289 g/mol. The van der Waals surface area contributed by atoms with Crippen molar-refractivity contribution in [2.24, 2.45) is 5.92 Å². The van der Waals surface area contributed by atoms with Crippen LogP contribution in [0.5, 0.6) is 0 Å². The molecule has 0 bridgehead atoms. The number of nitrogens with zero attached hydrogens (tertiary/aromatic N) is 1. The molecule has 0 aliphatic carbocycles. The zero-order valence-corrected chi connectivity index (χ0v) is 13.4. The molecule has 1 heterocycles. The molecule has 0 spiro atoms. The van der Waals surface area contributed by atoms with E-state index in [0.29, 0.717) is 12.0 Å². The molecule has 1 aliphatic rings. The lowest BCUT2D eigenvalue weighted by Crippen LogP contribution is -2.37. The third-order valence-corrected chi connectivity index (χ3v) is 4.01. The summed E-state index contributed by atoms with van der Waals surface area (Å²) in [5.41, 5.74) is 1.65. The molecule has 1 amide bonds. The van der Waals surface area contributed by atoms with Gasteiger partial charge < -0.3 is 15.5 Å². The van der Waals surface area contributed by atoms with Gasteiger partial charge in [-0.2, -0.15) is 0 Å². The number of hydrogen-bond acceptors (Lipinski definition) is 3. The third kappa shape index (κ3) is 4.74. The van der Waals surface area contributed by atoms with Crippen LogP contribution in [0.3, 0.4) is 0 Å². The Labute approximate surface area is 127 Å². The smallest absolute Gasteiger partial charge is 0.253 e. The van der Waals surface area contributed by atoms with Crippen LogP contribution < -0.4 is 10.6 Å². The molecule has 2 rings (SSSR count). The lowest BCUT2D eigenvalue weighted by Gasteiger charge is -2.29. The molecular formula is C17H27N3O. The summed E-state index contributed by atoms with van der Waals surface area (Å²) in [6, 6.07) is 8.03. The van der Waals surface area contributed by atoms with E-state index in [4.69, 9.17) is 0 Å². The van der Waals surface area contributed by atoms with Crippen LogP contribution in [-0.4, -0.2) is 43.5 Å². The Morgan fingerprint density at radius 1 is 1.29 bits per heavy atom. The largest absolute Gasteiger partial charge is 0.382 e. The number of benzene rings is 1. The fourth-order valence-corrected chi connectivity index (χ4v) is 2.72. The second-order valence-electron chi connectivity index (χ2n) is 6.30. The fourth-order valence-electron chi connectivity index (χ4n) is 2.72. The van der Waals surface area contributed by atoms with Gasteiger partial charge in [0.1, 0.15) is 0 Å². The standard InChI is InChI=1S/C17H27N3O/c1-13(2)19-16-7-5-4-6-15(16)17(21)18-12-14-8-10-20(3)11-9-14/h4-7,13-14,19H,8-12H2,1-3H3,(H,18,21). The molecule has 21 heavy (non-hydrogen) atoms. The first-order valence-corrected chi connectivity index (χ1v) is 7.88. The highest BCUT2D eigenvalue weighted by Crippen LogP contribution is 2.18. The first-order valence-electron chi connectivity index (χ1n) is 7.88. The number of rotatable bonds is 5. The van der Waals surface area contributed by atoms with Crippen molar-refractivity contribution in [3.05, 3.63) is 29.8 Å². The van der Waals surface area contributed by atoms with Crippen LogP contribution in [0.2, 0.25) is 0 Å². The Hall–Kier alpha value is -1.55. The van der Waals surface area contributed by atoms with Gasteiger partial charge in [-0.3, -0.25) is 4.79 Å². The quantitative estimate of drug-likeness (QED) is 0.875. The summed E-state index contributed by atoms with van der Waals surface area (Å²) < 4.78 is 0. The fraction of sp³-hybridized carbons (Fsp3) is 0.588. The van der Waals surface area contributed by atoms with Gasteiger partial charge in [-0.1, -0.05) is 12.1 Å². The van der Waals surface area contributed by atoms with Crippen molar-refractivity contribution < 1.29 is 4.79 Å². The molecule has 0 atom stereocenters. The van der Waals surface area contributed by atoms with Crippen LogP contribution in [0, 0.1) is 5.92 Å². The lowest BCUT2D eigenvalue weighted by atomic mass is 9.97. The minimum atomic E-state index is 0.0256. The van der Waals surface area contributed by atoms with E-state index in [-0.39, 0.29) is 5.91 Å². The minimum Gasteiger partial charge on any atom is -0.382 e. The second-order valence-corrected chi connectivity index (χ2v) is 6.30. The molecule has 1 aromatic carbocycles. The Balaban J connectivity index is 1.91. The summed E-state index contributed by atoms with van der Waals surface area (Å²) in [7, 11) is 2.16. The molecule has 0 radical (unpaired) electrons. The van der Waals surface area contributed by atoms with Gasteiger partial charge in [0.15, 0.2) is 0 Å². The molecule has 4 nitrogen and oxygen atoms in total. The summed E-state index contributed by atoms with van der Waals surface area (Å²) in [6.45, 7) is 7.20. The first kappa shape index (κ1) is 15.8. The van der Waals surface area contributed by atoms with E-state index in [1.54, 1.807) is 0 Å². The van der Waals surface area contributed by atoms with Crippen molar-refractivity contribution in [2.45, 2.75) is 32.7 Å². The predicted octanol–water partition coefficient (Wildman–Crippen LogP) is 2.58. The number of carbonyl (C=O) groups is 1. The highest BCUT2D eigenvalue weighted by atomic mass is 16.1. The second kappa shape index (κ2) is 7.46. The van der Waals surface area contributed by atoms with E-state index in [9.17, 15) is 4.79 Å². The van der Waals surface area contributed by atoms with E-state index in [1.807, 2.05) is 24.3 Å². The van der Waals surface area contributed by atoms with Gasteiger partial charge in [-0.15, -0.1) is 0 Å². The number of para-hydroxylation sites is 1. The number of nitrogens with one attached hydrogen (secondary N) is 2. The van der Waals surface area contributed by atoms with Gasteiger partial charge in [0.05, 0.1) is 5.56 Å². The predicted molar refractivity (Wildman–Crippen MR) is 87.8 cm³/mol. The van der Waals surface area contributed by atoms with E-state index >= 15 is 0 Å². The number of hydrogen-bond donors (Lipinski definition) is 2. The number of anilines is 1. The molecule has 0 saturated carbocycles. The van der Waals surface area contributed by atoms with Gasteiger partial charge in [0.25, 0.3) is 5.91 Å². The lowest BCUT2D eigenvalue weighted by molar-refractivity contribution is 0.0940. The highest BCUT2D eigenvalue weighted by Gasteiger charge is 2.18. The molecule has 1 aliphatic heterocycles. The summed E-state index contributed by atoms with van der Waals surface area (Å²) in [4.78, 5) is 14.7. The van der Waals surface area contributed by atoms with Gasteiger partial charge in [0, 0.05) is 18.3 Å². The number of carbonyl (C=O) groups excluding carboxylic acids is 1. The molecular weight excluding hydrogens is 262 g/mol. The summed E-state index contributed by atoms with van der Waals surface area (Å²) in [5, 5.41) is 6.43. The van der Waals surface area contributed by atoms with Crippen LogP contribution in [0.4, 0.5) is 5.69 Å². The normalized spacial score (nSPS) is 17.0. The van der Waals surface area contributed by atoms with Gasteiger partial charge in [-0.05, 0) is 64.9 Å². The van der Waals surface area contributed by atoms with Gasteiger partial charge >= 0.3 is 0 Å². The first-order chi connectivity index (χ1) is 10.1. The molecule has 1 saturated heterocycles. The third-order valence-electron chi connectivity index (χ3n) is 4.01. The average Bonchev–Trinajstić information content (AvgIpc) is 2.46. The molecule has 116 valence electrons. The van der Waals surface area contributed by atoms with Crippen molar-refractivity contribution in [1.82, 2.24) is 10.2 Å². The van der Waals surface area contributed by atoms with Crippen molar-refractivity contribution in [1.29, 1.82) is 0 Å². The Morgan fingerprint density at radius 2 is 1.95 bits per heavy atom. The van der Waals surface area contributed by atoms with Crippen LogP contribution in [0.1, 0.15) is 37.0 Å². The van der Waals surface area contributed by atoms with Gasteiger partial charge in [0.2, 0.25) is 0 Å². The molecule has 4 heteroatoms. The van der Waals surface area contributed by atoms with E-state index in [1.165, 1.54) is 12.8 Å².